The van der Waals surface area contributed by atoms with E-state index in [2.05, 4.69) is 5.32 Å². The summed E-state index contributed by atoms with van der Waals surface area (Å²) in [5.74, 6) is -0.493. The van der Waals surface area contributed by atoms with E-state index < -0.39 is 5.82 Å². The van der Waals surface area contributed by atoms with E-state index in [0.717, 1.165) is 29.7 Å². The van der Waals surface area contributed by atoms with Crippen LogP contribution in [0.3, 0.4) is 0 Å². The topological polar surface area (TPSA) is 56.0 Å². The van der Waals surface area contributed by atoms with E-state index in [-0.39, 0.29) is 12.2 Å². The predicted molar refractivity (Wildman–Crippen MR) is 80.3 cm³/mol. The first-order valence-electron chi connectivity index (χ1n) is 6.85. The number of nitrogens with one attached hydrogen (secondary N) is 1. The molecular weight excluding hydrogens is 267 g/mol. The normalized spacial score (nSPS) is 10.1. The molecule has 2 aromatic rings. The highest BCUT2D eigenvalue weighted by atomic mass is 19.1. The van der Waals surface area contributed by atoms with Gasteiger partial charge in [0.15, 0.2) is 0 Å². The molecule has 0 aromatic heterocycles. The molecule has 0 heterocycles. The zero-order valence-electron chi connectivity index (χ0n) is 11.6. The first-order valence-corrected chi connectivity index (χ1v) is 6.85. The van der Waals surface area contributed by atoms with Gasteiger partial charge in [0.2, 0.25) is 0 Å². The molecule has 0 fully saturated rings. The molecule has 2 aromatic carbocycles. The van der Waals surface area contributed by atoms with Gasteiger partial charge >= 0.3 is 0 Å². The average molecular weight is 284 g/mol. The fraction of sp³-hybridized carbons (Fsp3) is 0.235. The number of nitriles is 1. The lowest BCUT2D eigenvalue weighted by Gasteiger charge is -2.09. The van der Waals surface area contributed by atoms with E-state index in [4.69, 9.17) is 10.4 Å². The standard InChI is InChI=1S/C17H17FN2O/c18-17-7-6-14(9-15(17)11-19)12-20-16-5-1-3-13(10-16)4-2-8-21/h1,3,5-7,9-10,20-21H,2,4,8,12H2. The molecule has 0 aliphatic carbocycles. The third-order valence-corrected chi connectivity index (χ3v) is 3.20. The van der Waals surface area contributed by atoms with Gasteiger partial charge in [-0.05, 0) is 48.2 Å². The molecule has 0 saturated heterocycles. The van der Waals surface area contributed by atoms with Gasteiger partial charge in [0, 0.05) is 18.8 Å². The number of hydrogen-bond acceptors (Lipinski definition) is 3. The quantitative estimate of drug-likeness (QED) is 0.856. The summed E-state index contributed by atoms with van der Waals surface area (Å²) in [5, 5.41) is 20.9. The lowest BCUT2D eigenvalue weighted by Crippen LogP contribution is -2.01. The van der Waals surface area contributed by atoms with E-state index in [1.807, 2.05) is 30.3 Å². The van der Waals surface area contributed by atoms with Gasteiger partial charge in [-0.2, -0.15) is 5.26 Å². The second-order valence-corrected chi connectivity index (χ2v) is 4.81. The number of benzene rings is 2. The number of anilines is 1. The van der Waals surface area contributed by atoms with Gasteiger partial charge in [-0.15, -0.1) is 0 Å². The predicted octanol–water partition coefficient (Wildman–Crippen LogP) is 3.23. The zero-order valence-corrected chi connectivity index (χ0v) is 11.6. The summed E-state index contributed by atoms with van der Waals surface area (Å²) in [6, 6.07) is 14.3. The number of aliphatic hydroxyl groups is 1. The number of aryl methyl sites for hydroxylation is 1. The molecule has 0 bridgehead atoms. The summed E-state index contributed by atoms with van der Waals surface area (Å²) in [6.07, 6.45) is 1.58. The van der Waals surface area contributed by atoms with Crippen molar-refractivity contribution in [1.82, 2.24) is 0 Å². The van der Waals surface area contributed by atoms with Crippen molar-refractivity contribution in [2.45, 2.75) is 19.4 Å². The molecule has 0 aliphatic rings. The van der Waals surface area contributed by atoms with E-state index in [1.54, 1.807) is 12.1 Å². The van der Waals surface area contributed by atoms with Crippen LogP contribution >= 0.6 is 0 Å². The molecule has 2 rings (SSSR count). The molecule has 0 amide bonds. The molecule has 0 saturated carbocycles. The van der Waals surface area contributed by atoms with Gasteiger partial charge in [0.25, 0.3) is 0 Å². The second kappa shape index (κ2) is 7.41. The Bertz CT molecular complexity index is 649. The maximum atomic E-state index is 13.2. The van der Waals surface area contributed by atoms with Crippen LogP contribution in [0.2, 0.25) is 0 Å². The highest BCUT2D eigenvalue weighted by Gasteiger charge is 2.03. The summed E-state index contributed by atoms with van der Waals surface area (Å²) < 4.78 is 13.2. The number of rotatable bonds is 6. The number of aliphatic hydroxyl groups excluding tert-OH is 1. The van der Waals surface area contributed by atoms with Crippen molar-refractivity contribution < 1.29 is 9.50 Å². The number of nitrogens with zero attached hydrogens (tertiary/aromatic N) is 1. The van der Waals surface area contributed by atoms with E-state index >= 15 is 0 Å². The Hall–Kier alpha value is -2.38. The van der Waals surface area contributed by atoms with Crippen LogP contribution in [0.1, 0.15) is 23.1 Å². The van der Waals surface area contributed by atoms with Crippen molar-refractivity contribution in [2.24, 2.45) is 0 Å². The molecular formula is C17H17FN2O. The fourth-order valence-electron chi connectivity index (χ4n) is 2.09. The van der Waals surface area contributed by atoms with Crippen molar-refractivity contribution in [1.29, 1.82) is 5.26 Å². The summed E-state index contributed by atoms with van der Waals surface area (Å²) in [7, 11) is 0. The smallest absolute Gasteiger partial charge is 0.140 e. The highest BCUT2D eigenvalue weighted by molar-refractivity contribution is 5.47. The van der Waals surface area contributed by atoms with Crippen LogP contribution in [0.5, 0.6) is 0 Å². The van der Waals surface area contributed by atoms with Gasteiger partial charge < -0.3 is 10.4 Å². The molecule has 3 nitrogen and oxygen atoms in total. The Morgan fingerprint density at radius 3 is 2.76 bits per heavy atom. The fourth-order valence-corrected chi connectivity index (χ4v) is 2.09. The second-order valence-electron chi connectivity index (χ2n) is 4.81. The molecule has 0 unspecified atom stereocenters. The van der Waals surface area contributed by atoms with Crippen LogP contribution in [-0.4, -0.2) is 11.7 Å². The first kappa shape index (κ1) is 15.0. The van der Waals surface area contributed by atoms with Gasteiger partial charge in [0.05, 0.1) is 5.56 Å². The van der Waals surface area contributed by atoms with E-state index in [1.165, 1.54) is 6.07 Å². The lowest BCUT2D eigenvalue weighted by atomic mass is 10.1. The lowest BCUT2D eigenvalue weighted by molar-refractivity contribution is 0.288. The molecule has 0 atom stereocenters. The summed E-state index contributed by atoms with van der Waals surface area (Å²) in [5.41, 5.74) is 3.04. The number of hydrogen-bond donors (Lipinski definition) is 2. The minimum absolute atomic E-state index is 0.0611. The Labute approximate surface area is 123 Å². The number of halogens is 1. The Morgan fingerprint density at radius 2 is 2.00 bits per heavy atom. The SMILES string of the molecule is N#Cc1cc(CNc2cccc(CCCO)c2)ccc1F. The van der Waals surface area contributed by atoms with Gasteiger partial charge in [-0.25, -0.2) is 4.39 Å². The molecule has 4 heteroatoms. The van der Waals surface area contributed by atoms with Crippen LogP contribution < -0.4 is 5.32 Å². The van der Waals surface area contributed by atoms with E-state index in [9.17, 15) is 4.39 Å². The zero-order chi connectivity index (χ0) is 15.1. The van der Waals surface area contributed by atoms with Crippen molar-refractivity contribution in [2.75, 3.05) is 11.9 Å². The van der Waals surface area contributed by atoms with Gasteiger partial charge in [-0.1, -0.05) is 18.2 Å². The largest absolute Gasteiger partial charge is 0.396 e. The van der Waals surface area contributed by atoms with Crippen LogP contribution in [0.15, 0.2) is 42.5 Å². The van der Waals surface area contributed by atoms with Crippen LogP contribution in [-0.2, 0) is 13.0 Å². The highest BCUT2D eigenvalue weighted by Crippen LogP contribution is 2.15. The third kappa shape index (κ3) is 4.30. The summed E-state index contributed by atoms with van der Waals surface area (Å²) in [6.45, 7) is 0.711. The van der Waals surface area contributed by atoms with Crippen molar-refractivity contribution in [3.8, 4) is 6.07 Å². The maximum absolute atomic E-state index is 13.2. The Kier molecular flexibility index (Phi) is 5.30. The molecule has 21 heavy (non-hydrogen) atoms. The molecule has 0 aliphatic heterocycles. The summed E-state index contributed by atoms with van der Waals surface area (Å²) in [4.78, 5) is 0. The van der Waals surface area contributed by atoms with Crippen molar-refractivity contribution in [3.05, 3.63) is 65.0 Å². The van der Waals surface area contributed by atoms with Gasteiger partial charge in [-0.3, -0.25) is 0 Å². The van der Waals surface area contributed by atoms with Crippen LogP contribution in [0.25, 0.3) is 0 Å². The summed E-state index contributed by atoms with van der Waals surface area (Å²) >= 11 is 0. The van der Waals surface area contributed by atoms with Crippen molar-refractivity contribution in [3.63, 3.8) is 0 Å². The monoisotopic (exact) mass is 284 g/mol. The molecule has 2 N–H and O–H groups in total. The van der Waals surface area contributed by atoms with Gasteiger partial charge in [0.1, 0.15) is 11.9 Å². The average Bonchev–Trinajstić information content (AvgIpc) is 2.52. The first-order chi connectivity index (χ1) is 10.2. The Morgan fingerprint density at radius 1 is 1.14 bits per heavy atom. The molecule has 108 valence electrons. The molecule has 0 spiro atoms. The van der Waals surface area contributed by atoms with Crippen LogP contribution in [0, 0.1) is 17.1 Å². The minimum atomic E-state index is -0.493. The minimum Gasteiger partial charge on any atom is -0.396 e. The maximum Gasteiger partial charge on any atom is 0.140 e. The van der Waals surface area contributed by atoms with E-state index in [0.29, 0.717) is 6.54 Å². The van der Waals surface area contributed by atoms with Crippen molar-refractivity contribution >= 4 is 5.69 Å². The van der Waals surface area contributed by atoms with Crippen LogP contribution in [0.4, 0.5) is 10.1 Å². The molecule has 0 radical (unpaired) electrons. The Balaban J connectivity index is 2.01. The third-order valence-electron chi connectivity index (χ3n) is 3.20.